The highest BCUT2D eigenvalue weighted by Crippen LogP contribution is 2.25. The van der Waals surface area contributed by atoms with Crippen LogP contribution in [0.5, 0.6) is 11.5 Å². The van der Waals surface area contributed by atoms with Crippen molar-refractivity contribution in [1.29, 1.82) is 0 Å². The molecule has 1 rings (SSSR count). The van der Waals surface area contributed by atoms with E-state index in [0.29, 0.717) is 5.56 Å². The summed E-state index contributed by atoms with van der Waals surface area (Å²) in [5.41, 5.74) is 0.475. The predicted molar refractivity (Wildman–Crippen MR) is 44.3 cm³/mol. The zero-order valence-electron chi connectivity index (χ0n) is 6.51. The second-order valence-corrected chi connectivity index (χ2v) is 2.57. The van der Waals surface area contributed by atoms with Gasteiger partial charge in [0.25, 0.3) is 0 Å². The fourth-order valence-corrected chi connectivity index (χ4v) is 1.06. The van der Waals surface area contributed by atoms with Crippen molar-refractivity contribution in [1.82, 2.24) is 0 Å². The molecule has 2 nitrogen and oxygen atoms in total. The van der Waals surface area contributed by atoms with Crippen LogP contribution in [0.15, 0.2) is 18.2 Å². The lowest BCUT2D eigenvalue weighted by Crippen LogP contribution is -2.01. The Morgan fingerprint density at radius 1 is 1.46 bits per heavy atom. The molecule has 0 spiro atoms. The van der Waals surface area contributed by atoms with Gasteiger partial charge in [0.15, 0.2) is 0 Å². The summed E-state index contributed by atoms with van der Waals surface area (Å²) in [4.78, 5) is 0. The molecule has 0 aliphatic carbocycles. The molecule has 5 heteroatoms. The Morgan fingerprint density at radius 2 is 2.15 bits per heavy atom. The fraction of sp³-hybridized carbons (Fsp3) is 0.250. The molecule has 0 bridgehead atoms. The van der Waals surface area contributed by atoms with Gasteiger partial charge in [-0.05, 0) is 6.07 Å². The van der Waals surface area contributed by atoms with Crippen LogP contribution < -0.4 is 4.74 Å². The van der Waals surface area contributed by atoms with E-state index in [4.69, 9.17) is 11.6 Å². The first-order chi connectivity index (χ1) is 6.13. The second kappa shape index (κ2) is 4.28. The third kappa shape index (κ3) is 2.73. The zero-order valence-corrected chi connectivity index (χ0v) is 7.26. The van der Waals surface area contributed by atoms with Gasteiger partial charge in [-0.2, -0.15) is 8.78 Å². The van der Waals surface area contributed by atoms with Gasteiger partial charge < -0.3 is 9.84 Å². The number of phenols is 1. The van der Waals surface area contributed by atoms with E-state index in [1.807, 2.05) is 0 Å². The van der Waals surface area contributed by atoms with Gasteiger partial charge in [0.05, 0.1) is 5.88 Å². The lowest BCUT2D eigenvalue weighted by molar-refractivity contribution is -0.0499. The number of hydrogen-bond acceptors (Lipinski definition) is 2. The van der Waals surface area contributed by atoms with Crippen molar-refractivity contribution in [3.63, 3.8) is 0 Å². The lowest BCUT2D eigenvalue weighted by Gasteiger charge is -2.06. The number of rotatable bonds is 3. The molecule has 1 aromatic carbocycles. The molecule has 0 heterocycles. The molecule has 0 saturated carbocycles. The van der Waals surface area contributed by atoms with E-state index in [2.05, 4.69) is 4.74 Å². The van der Waals surface area contributed by atoms with Crippen LogP contribution in [0.2, 0.25) is 0 Å². The average Bonchev–Trinajstić information content (AvgIpc) is 2.03. The topological polar surface area (TPSA) is 29.5 Å². The highest BCUT2D eigenvalue weighted by molar-refractivity contribution is 6.17. The molecule has 0 radical (unpaired) electrons. The zero-order chi connectivity index (χ0) is 9.84. The first kappa shape index (κ1) is 10.1. The molecule has 1 aromatic rings. The van der Waals surface area contributed by atoms with Gasteiger partial charge in [-0.15, -0.1) is 11.6 Å². The molecule has 0 fully saturated rings. The maximum absolute atomic E-state index is 11.7. The Morgan fingerprint density at radius 3 is 2.62 bits per heavy atom. The summed E-state index contributed by atoms with van der Waals surface area (Å²) in [5, 5.41) is 9.19. The Balaban J connectivity index is 2.83. The SMILES string of the molecule is Oc1cc(OC(F)F)ccc1CCl. The molecule has 0 aromatic heterocycles. The molecular formula is C8H7ClF2O2. The molecule has 13 heavy (non-hydrogen) atoms. The smallest absolute Gasteiger partial charge is 0.387 e. The van der Waals surface area contributed by atoms with Crippen LogP contribution in [0.1, 0.15) is 5.56 Å². The van der Waals surface area contributed by atoms with E-state index in [0.717, 1.165) is 6.07 Å². The average molecular weight is 209 g/mol. The summed E-state index contributed by atoms with van der Waals surface area (Å²) < 4.78 is 27.5. The van der Waals surface area contributed by atoms with Crippen molar-refractivity contribution < 1.29 is 18.6 Å². The highest BCUT2D eigenvalue weighted by Gasteiger charge is 2.06. The minimum absolute atomic E-state index is 0.0821. The Labute approximate surface area is 78.7 Å². The molecule has 0 amide bonds. The summed E-state index contributed by atoms with van der Waals surface area (Å²) in [7, 11) is 0. The Hall–Kier alpha value is -1.03. The van der Waals surface area contributed by atoms with Gasteiger partial charge >= 0.3 is 6.61 Å². The third-order valence-corrected chi connectivity index (χ3v) is 1.71. The summed E-state index contributed by atoms with van der Waals surface area (Å²) >= 11 is 5.44. The number of phenolic OH excluding ortho intramolecular Hbond substituents is 1. The van der Waals surface area contributed by atoms with E-state index >= 15 is 0 Å². The predicted octanol–water partition coefficient (Wildman–Crippen LogP) is 2.73. The van der Waals surface area contributed by atoms with Gasteiger partial charge in [0, 0.05) is 11.6 Å². The van der Waals surface area contributed by atoms with E-state index in [9.17, 15) is 13.9 Å². The number of benzene rings is 1. The fourth-order valence-electron chi connectivity index (χ4n) is 0.833. The van der Waals surface area contributed by atoms with Crippen LogP contribution in [-0.4, -0.2) is 11.7 Å². The third-order valence-electron chi connectivity index (χ3n) is 1.43. The van der Waals surface area contributed by atoms with Crippen LogP contribution in [0.4, 0.5) is 8.78 Å². The molecule has 0 aliphatic rings. The largest absolute Gasteiger partial charge is 0.507 e. The van der Waals surface area contributed by atoms with Crippen LogP contribution in [-0.2, 0) is 5.88 Å². The maximum Gasteiger partial charge on any atom is 0.387 e. The number of hydrogen-bond donors (Lipinski definition) is 1. The Kier molecular flexibility index (Phi) is 3.31. The molecule has 0 unspecified atom stereocenters. The van der Waals surface area contributed by atoms with E-state index in [1.165, 1.54) is 12.1 Å². The van der Waals surface area contributed by atoms with E-state index < -0.39 is 6.61 Å². The van der Waals surface area contributed by atoms with E-state index in [-0.39, 0.29) is 17.4 Å². The van der Waals surface area contributed by atoms with Gasteiger partial charge in [-0.3, -0.25) is 0 Å². The van der Waals surface area contributed by atoms with Crippen molar-refractivity contribution in [2.24, 2.45) is 0 Å². The van der Waals surface area contributed by atoms with Crippen LogP contribution >= 0.6 is 11.6 Å². The van der Waals surface area contributed by atoms with Crippen molar-refractivity contribution in [3.05, 3.63) is 23.8 Å². The van der Waals surface area contributed by atoms with Crippen LogP contribution in [0.25, 0.3) is 0 Å². The first-order valence-corrected chi connectivity index (χ1v) is 3.99. The molecule has 72 valence electrons. The number of halogens is 3. The second-order valence-electron chi connectivity index (χ2n) is 2.30. The van der Waals surface area contributed by atoms with E-state index in [1.54, 1.807) is 0 Å². The van der Waals surface area contributed by atoms with Crippen molar-refractivity contribution in [2.45, 2.75) is 12.5 Å². The minimum Gasteiger partial charge on any atom is -0.507 e. The summed E-state index contributed by atoms with van der Waals surface area (Å²) in [5.74, 6) is -0.102. The quantitative estimate of drug-likeness (QED) is 0.774. The molecule has 0 aliphatic heterocycles. The normalized spacial score (nSPS) is 10.5. The first-order valence-electron chi connectivity index (χ1n) is 3.46. The number of aromatic hydroxyl groups is 1. The van der Waals surface area contributed by atoms with Gasteiger partial charge in [-0.1, -0.05) is 6.07 Å². The van der Waals surface area contributed by atoms with Crippen LogP contribution in [0.3, 0.4) is 0 Å². The monoisotopic (exact) mass is 208 g/mol. The van der Waals surface area contributed by atoms with Crippen LogP contribution in [0, 0.1) is 0 Å². The van der Waals surface area contributed by atoms with Gasteiger partial charge in [-0.25, -0.2) is 0 Å². The number of alkyl halides is 3. The van der Waals surface area contributed by atoms with Gasteiger partial charge in [0.1, 0.15) is 11.5 Å². The number of ether oxygens (including phenoxy) is 1. The highest BCUT2D eigenvalue weighted by atomic mass is 35.5. The van der Waals surface area contributed by atoms with Crippen molar-refractivity contribution in [3.8, 4) is 11.5 Å². The standard InChI is InChI=1S/C8H7ClF2O2/c9-4-5-1-2-6(3-7(5)12)13-8(10)11/h1-3,8,12H,4H2. The van der Waals surface area contributed by atoms with Crippen molar-refractivity contribution in [2.75, 3.05) is 0 Å². The maximum atomic E-state index is 11.7. The summed E-state index contributed by atoms with van der Waals surface area (Å²) in [6.07, 6.45) is 0. The van der Waals surface area contributed by atoms with Crippen molar-refractivity contribution >= 4 is 11.6 Å². The minimum atomic E-state index is -2.89. The summed E-state index contributed by atoms with van der Waals surface area (Å²) in [6, 6.07) is 3.85. The summed E-state index contributed by atoms with van der Waals surface area (Å²) in [6.45, 7) is -2.89. The lowest BCUT2D eigenvalue weighted by atomic mass is 10.2. The molecule has 0 saturated heterocycles. The molecular weight excluding hydrogens is 202 g/mol. The molecule has 0 atom stereocenters. The van der Waals surface area contributed by atoms with Gasteiger partial charge in [0.2, 0.25) is 0 Å². The Bertz CT molecular complexity index is 291. The molecule has 1 N–H and O–H groups in total.